The summed E-state index contributed by atoms with van der Waals surface area (Å²) in [6.07, 6.45) is 1.25. The molecule has 0 bridgehead atoms. The van der Waals surface area contributed by atoms with Crippen molar-refractivity contribution in [2.75, 3.05) is 29.0 Å². The van der Waals surface area contributed by atoms with Crippen molar-refractivity contribution in [1.82, 2.24) is 10.2 Å². The van der Waals surface area contributed by atoms with Gasteiger partial charge in [-0.2, -0.15) is 0 Å². The van der Waals surface area contributed by atoms with E-state index in [1.54, 1.807) is 24.3 Å². The number of anilines is 3. The third kappa shape index (κ3) is 5.58. The number of fused-ring (bicyclic) bond motifs is 1. The number of nitrogens with zero attached hydrogens (tertiary/aromatic N) is 1. The molecular weight excluding hydrogens is 438 g/mol. The zero-order valence-electron chi connectivity index (χ0n) is 18.4. The minimum absolute atomic E-state index is 0.00917. The zero-order valence-corrected chi connectivity index (χ0v) is 18.4. The average molecular weight is 463 g/mol. The molecule has 2 aliphatic heterocycles. The summed E-state index contributed by atoms with van der Waals surface area (Å²) in [5.41, 5.74) is 2.99. The van der Waals surface area contributed by atoms with Gasteiger partial charge in [-0.1, -0.05) is 18.2 Å². The lowest BCUT2D eigenvalue weighted by molar-refractivity contribution is -0.125. The Hall–Kier alpha value is -4.21. The number of benzene rings is 2. The summed E-state index contributed by atoms with van der Waals surface area (Å²) in [4.78, 5) is 60.8. The Bertz CT molecular complexity index is 1110. The number of carbonyl (C=O) groups is 5. The molecule has 10 heteroatoms. The summed E-state index contributed by atoms with van der Waals surface area (Å²) < 4.78 is 0. The van der Waals surface area contributed by atoms with Gasteiger partial charge in [0, 0.05) is 42.4 Å². The van der Waals surface area contributed by atoms with Gasteiger partial charge in [-0.3, -0.25) is 24.1 Å². The smallest absolute Gasteiger partial charge is 0.324 e. The minimum atomic E-state index is -0.494. The molecule has 0 saturated carbocycles. The van der Waals surface area contributed by atoms with Crippen LogP contribution in [0.4, 0.5) is 21.9 Å². The molecule has 0 spiro atoms. The largest absolute Gasteiger partial charge is 0.329 e. The van der Waals surface area contributed by atoms with Crippen LogP contribution in [0.1, 0.15) is 24.8 Å². The summed E-state index contributed by atoms with van der Waals surface area (Å²) in [5.74, 6) is -1.21. The maximum absolute atomic E-state index is 12.4. The highest BCUT2D eigenvalue weighted by Gasteiger charge is 2.28. The van der Waals surface area contributed by atoms with Gasteiger partial charge < -0.3 is 21.3 Å². The van der Waals surface area contributed by atoms with Gasteiger partial charge in [-0.15, -0.1) is 0 Å². The third-order valence-corrected chi connectivity index (χ3v) is 5.78. The molecule has 0 radical (unpaired) electrons. The van der Waals surface area contributed by atoms with Crippen molar-refractivity contribution >= 4 is 46.7 Å². The van der Waals surface area contributed by atoms with E-state index in [0.29, 0.717) is 24.2 Å². The van der Waals surface area contributed by atoms with Crippen molar-refractivity contribution < 1.29 is 24.0 Å². The zero-order chi connectivity index (χ0) is 24.1. The summed E-state index contributed by atoms with van der Waals surface area (Å²) >= 11 is 0. The fourth-order valence-corrected chi connectivity index (χ4v) is 3.93. The van der Waals surface area contributed by atoms with Crippen molar-refractivity contribution in [3.8, 4) is 0 Å². The number of hydrogen-bond donors (Lipinski definition) is 4. The SMILES string of the molecule is O=C(CCC1Cc2ccccc2NC1=O)Nc1ccc(NC(=O)CCN2C(=O)CNC2=O)cc1. The lowest BCUT2D eigenvalue weighted by Crippen LogP contribution is -2.33. The van der Waals surface area contributed by atoms with E-state index in [-0.39, 0.29) is 55.5 Å². The topological polar surface area (TPSA) is 137 Å². The van der Waals surface area contributed by atoms with Crippen molar-refractivity contribution in [3.63, 3.8) is 0 Å². The Morgan fingerprint density at radius 1 is 0.912 bits per heavy atom. The first-order chi connectivity index (χ1) is 16.4. The number of urea groups is 1. The van der Waals surface area contributed by atoms with Gasteiger partial charge >= 0.3 is 6.03 Å². The quantitative estimate of drug-likeness (QED) is 0.445. The number of carbonyl (C=O) groups excluding carboxylic acids is 5. The molecule has 1 unspecified atom stereocenters. The van der Waals surface area contributed by atoms with E-state index in [4.69, 9.17) is 0 Å². The summed E-state index contributed by atoms with van der Waals surface area (Å²) in [7, 11) is 0. The van der Waals surface area contributed by atoms with Crippen molar-refractivity contribution in [3.05, 3.63) is 54.1 Å². The molecule has 6 amide bonds. The number of para-hydroxylation sites is 1. The van der Waals surface area contributed by atoms with Gasteiger partial charge in [-0.25, -0.2) is 4.79 Å². The predicted octanol–water partition coefficient (Wildman–Crippen LogP) is 2.10. The summed E-state index contributed by atoms with van der Waals surface area (Å²) in [5, 5.41) is 10.8. The van der Waals surface area contributed by atoms with Gasteiger partial charge in [0.25, 0.3) is 0 Å². The Morgan fingerprint density at radius 3 is 2.21 bits per heavy atom. The molecule has 1 saturated heterocycles. The molecule has 2 aliphatic rings. The van der Waals surface area contributed by atoms with E-state index in [1.165, 1.54) is 0 Å². The number of rotatable bonds is 8. The lowest BCUT2D eigenvalue weighted by atomic mass is 9.89. The summed E-state index contributed by atoms with van der Waals surface area (Å²) in [6.45, 7) is -0.0370. The Labute approximate surface area is 196 Å². The molecule has 2 aromatic carbocycles. The number of imide groups is 1. The first-order valence-electron chi connectivity index (χ1n) is 11.1. The first-order valence-corrected chi connectivity index (χ1v) is 11.1. The van der Waals surface area contributed by atoms with Crippen molar-refractivity contribution in [1.29, 1.82) is 0 Å². The second-order valence-corrected chi connectivity index (χ2v) is 8.21. The highest BCUT2D eigenvalue weighted by molar-refractivity contribution is 6.02. The molecule has 1 atom stereocenters. The van der Waals surface area contributed by atoms with E-state index < -0.39 is 6.03 Å². The van der Waals surface area contributed by atoms with Crippen LogP contribution >= 0.6 is 0 Å². The van der Waals surface area contributed by atoms with Crippen molar-refractivity contribution in [2.45, 2.75) is 25.7 Å². The Balaban J connectivity index is 1.21. The van der Waals surface area contributed by atoms with E-state index in [1.807, 2.05) is 24.3 Å². The van der Waals surface area contributed by atoms with Crippen LogP contribution in [0, 0.1) is 5.92 Å². The molecule has 2 heterocycles. The van der Waals surface area contributed by atoms with Gasteiger partial charge in [-0.05, 0) is 48.7 Å². The Morgan fingerprint density at radius 2 is 1.56 bits per heavy atom. The van der Waals surface area contributed by atoms with Crippen LogP contribution in [0.2, 0.25) is 0 Å². The van der Waals surface area contributed by atoms with Gasteiger partial charge in [0.2, 0.25) is 23.6 Å². The molecular formula is C24H25N5O5. The molecule has 1 fully saturated rings. The molecule has 0 aliphatic carbocycles. The van der Waals surface area contributed by atoms with Crippen LogP contribution in [0.15, 0.2) is 48.5 Å². The predicted molar refractivity (Wildman–Crippen MR) is 125 cm³/mol. The van der Waals surface area contributed by atoms with E-state index >= 15 is 0 Å². The van der Waals surface area contributed by atoms with Crippen LogP contribution in [0.3, 0.4) is 0 Å². The second-order valence-electron chi connectivity index (χ2n) is 8.21. The van der Waals surface area contributed by atoms with Gasteiger partial charge in [0.05, 0.1) is 6.54 Å². The molecule has 176 valence electrons. The maximum Gasteiger partial charge on any atom is 0.324 e. The van der Waals surface area contributed by atoms with E-state index in [2.05, 4.69) is 21.3 Å². The second kappa shape index (κ2) is 10.2. The fraction of sp³-hybridized carbons (Fsp3) is 0.292. The standard InChI is InChI=1S/C24H25N5O5/c30-20(10-5-16-13-15-3-1-2-4-19(15)28-23(16)33)26-17-6-8-18(9-7-17)27-21(31)11-12-29-22(32)14-25-24(29)34/h1-4,6-9,16H,5,10-14H2,(H,25,34)(H,26,30)(H,27,31)(H,28,33). The molecule has 10 nitrogen and oxygen atoms in total. The number of amides is 6. The molecule has 4 rings (SSSR count). The molecule has 2 aromatic rings. The van der Waals surface area contributed by atoms with Crippen LogP contribution < -0.4 is 21.3 Å². The monoisotopic (exact) mass is 463 g/mol. The van der Waals surface area contributed by atoms with Crippen LogP contribution in [0.5, 0.6) is 0 Å². The van der Waals surface area contributed by atoms with E-state index in [0.717, 1.165) is 16.2 Å². The Kier molecular flexibility index (Phi) is 6.86. The average Bonchev–Trinajstić information content (AvgIpc) is 3.14. The number of nitrogens with one attached hydrogen (secondary N) is 4. The van der Waals surface area contributed by atoms with Crippen LogP contribution in [0.25, 0.3) is 0 Å². The fourth-order valence-electron chi connectivity index (χ4n) is 3.93. The van der Waals surface area contributed by atoms with Gasteiger partial charge in [0.1, 0.15) is 0 Å². The van der Waals surface area contributed by atoms with E-state index in [9.17, 15) is 24.0 Å². The lowest BCUT2D eigenvalue weighted by Gasteiger charge is -2.24. The highest BCUT2D eigenvalue weighted by atomic mass is 16.2. The normalized spacial score (nSPS) is 17.0. The molecule has 34 heavy (non-hydrogen) atoms. The molecule has 0 aromatic heterocycles. The highest BCUT2D eigenvalue weighted by Crippen LogP contribution is 2.27. The molecule has 4 N–H and O–H groups in total. The number of hydrogen-bond acceptors (Lipinski definition) is 5. The summed E-state index contributed by atoms with van der Waals surface area (Å²) in [6, 6.07) is 13.8. The third-order valence-electron chi connectivity index (χ3n) is 5.78. The van der Waals surface area contributed by atoms with Crippen LogP contribution in [-0.2, 0) is 25.6 Å². The van der Waals surface area contributed by atoms with Crippen molar-refractivity contribution in [2.24, 2.45) is 5.92 Å². The minimum Gasteiger partial charge on any atom is -0.329 e. The maximum atomic E-state index is 12.4. The van der Waals surface area contributed by atoms with Gasteiger partial charge in [0.15, 0.2) is 0 Å². The van der Waals surface area contributed by atoms with Crippen LogP contribution in [-0.4, -0.2) is 47.6 Å². The first kappa shape index (κ1) is 23.0.